The Bertz CT molecular complexity index is 3180. The Balaban J connectivity index is 1.03. The number of nitrogens with zero attached hydrogens (tertiary/aromatic N) is 2. The van der Waals surface area contributed by atoms with Crippen molar-refractivity contribution in [2.75, 3.05) is 4.90 Å². The van der Waals surface area contributed by atoms with Crippen LogP contribution in [-0.2, 0) is 0 Å². The lowest BCUT2D eigenvalue weighted by atomic mass is 9.96. The Morgan fingerprint density at radius 2 is 0.964 bits per heavy atom. The first-order valence-corrected chi connectivity index (χ1v) is 18.5. The highest BCUT2D eigenvalue weighted by atomic mass is 16.3. The van der Waals surface area contributed by atoms with Gasteiger partial charge in [0.25, 0.3) is 0 Å². The van der Waals surface area contributed by atoms with E-state index in [1.807, 2.05) is 54.6 Å². The number of hydrogen-bond acceptors (Lipinski definition) is 4. The van der Waals surface area contributed by atoms with Crippen LogP contribution in [-0.4, -0.2) is 4.98 Å². The number of furan rings is 1. The Morgan fingerprint density at radius 3 is 1.73 bits per heavy atom. The van der Waals surface area contributed by atoms with Crippen LogP contribution in [0.3, 0.4) is 0 Å². The maximum absolute atomic E-state index is 6.57. The topological polar surface area (TPSA) is 42.4 Å². The molecule has 0 bridgehead atoms. The van der Waals surface area contributed by atoms with Gasteiger partial charge in [-0.05, 0) is 99.1 Å². The highest BCUT2D eigenvalue weighted by Gasteiger charge is 2.20. The van der Waals surface area contributed by atoms with Crippen LogP contribution in [0, 0.1) is 0 Å². The minimum Gasteiger partial charge on any atom is -0.454 e. The summed E-state index contributed by atoms with van der Waals surface area (Å²) in [6, 6.07) is 68.1. The third-order valence-electron chi connectivity index (χ3n) is 10.7. The molecular formula is C51H32N2O2. The summed E-state index contributed by atoms with van der Waals surface area (Å²) in [5.41, 5.74) is 12.0. The molecule has 11 rings (SSSR count). The van der Waals surface area contributed by atoms with Gasteiger partial charge in [0.1, 0.15) is 11.1 Å². The zero-order chi connectivity index (χ0) is 36.3. The fourth-order valence-electron chi connectivity index (χ4n) is 7.99. The molecule has 9 aromatic carbocycles. The Morgan fingerprint density at radius 1 is 0.382 bits per heavy atom. The molecule has 0 aliphatic rings. The monoisotopic (exact) mass is 704 g/mol. The number of oxazole rings is 1. The van der Waals surface area contributed by atoms with Crippen LogP contribution < -0.4 is 4.90 Å². The second-order valence-corrected chi connectivity index (χ2v) is 13.9. The van der Waals surface area contributed by atoms with E-state index in [4.69, 9.17) is 13.8 Å². The number of anilines is 3. The van der Waals surface area contributed by atoms with Crippen LogP contribution >= 0.6 is 0 Å². The predicted molar refractivity (Wildman–Crippen MR) is 227 cm³/mol. The van der Waals surface area contributed by atoms with E-state index in [0.717, 1.165) is 88.3 Å². The standard InChI is InChI=1S/C51H32N2O2/c1-3-10-33(11-4-1)34-22-27-40(28-23-34)53(45-16-9-15-43-42-14-7-8-17-46(42)54-50(43)45)41-29-24-35(25-30-41)39-21-19-36-18-20-37-26-31-47-49(48(37)44(36)32-39)52-51(55-47)38-12-5-2-6-13-38/h1-32H. The van der Waals surface area contributed by atoms with Gasteiger partial charge in [0.05, 0.1) is 5.69 Å². The number of rotatable bonds is 6. The molecule has 2 aromatic heterocycles. The highest BCUT2D eigenvalue weighted by Crippen LogP contribution is 2.43. The molecule has 0 amide bonds. The molecule has 0 saturated carbocycles. The maximum atomic E-state index is 6.57. The molecule has 0 N–H and O–H groups in total. The summed E-state index contributed by atoms with van der Waals surface area (Å²) >= 11 is 0. The zero-order valence-corrected chi connectivity index (χ0v) is 29.7. The molecule has 4 heteroatoms. The lowest BCUT2D eigenvalue weighted by Crippen LogP contribution is -2.10. The number of benzene rings is 9. The minimum absolute atomic E-state index is 0.629. The van der Waals surface area contributed by atoms with Gasteiger partial charge in [-0.25, -0.2) is 4.98 Å². The third-order valence-corrected chi connectivity index (χ3v) is 10.7. The van der Waals surface area contributed by atoms with Crippen LogP contribution in [0.2, 0.25) is 0 Å². The predicted octanol–water partition coefficient (Wildman–Crippen LogP) is 14.5. The van der Waals surface area contributed by atoms with E-state index in [2.05, 4.69) is 144 Å². The van der Waals surface area contributed by atoms with Crippen LogP contribution in [0.15, 0.2) is 203 Å². The van der Waals surface area contributed by atoms with Crippen LogP contribution in [0.4, 0.5) is 17.1 Å². The van der Waals surface area contributed by atoms with E-state index < -0.39 is 0 Å². The van der Waals surface area contributed by atoms with E-state index in [0.29, 0.717) is 5.89 Å². The summed E-state index contributed by atoms with van der Waals surface area (Å²) in [5, 5.41) is 6.74. The summed E-state index contributed by atoms with van der Waals surface area (Å²) in [4.78, 5) is 7.32. The Hall–Kier alpha value is -7.43. The summed E-state index contributed by atoms with van der Waals surface area (Å²) in [7, 11) is 0. The fourth-order valence-corrected chi connectivity index (χ4v) is 7.99. The van der Waals surface area contributed by atoms with Gasteiger partial charge in [0.15, 0.2) is 11.2 Å². The van der Waals surface area contributed by atoms with Gasteiger partial charge in [-0.1, -0.05) is 133 Å². The summed E-state index contributed by atoms with van der Waals surface area (Å²) in [6.07, 6.45) is 0. The second kappa shape index (κ2) is 12.6. The number of aromatic nitrogens is 1. The van der Waals surface area contributed by atoms with Gasteiger partial charge >= 0.3 is 0 Å². The quantitative estimate of drug-likeness (QED) is 0.162. The average Bonchev–Trinajstić information content (AvgIpc) is 3.87. The van der Waals surface area contributed by atoms with E-state index >= 15 is 0 Å². The smallest absolute Gasteiger partial charge is 0.227 e. The van der Waals surface area contributed by atoms with Gasteiger partial charge < -0.3 is 13.7 Å². The van der Waals surface area contributed by atoms with Crippen molar-refractivity contribution in [2.24, 2.45) is 0 Å². The van der Waals surface area contributed by atoms with E-state index in [1.54, 1.807) is 0 Å². The Kier molecular flexibility index (Phi) is 7.14. The molecular weight excluding hydrogens is 673 g/mol. The summed E-state index contributed by atoms with van der Waals surface area (Å²) < 4.78 is 12.9. The van der Waals surface area contributed by atoms with Crippen LogP contribution in [0.5, 0.6) is 0 Å². The molecule has 0 unspecified atom stereocenters. The Labute approximate surface area is 317 Å². The molecule has 0 aliphatic carbocycles. The minimum atomic E-state index is 0.629. The van der Waals surface area contributed by atoms with Crippen molar-refractivity contribution < 1.29 is 8.83 Å². The fraction of sp³-hybridized carbons (Fsp3) is 0. The zero-order valence-electron chi connectivity index (χ0n) is 29.7. The van der Waals surface area contributed by atoms with Crippen LogP contribution in [0.25, 0.3) is 88.3 Å². The van der Waals surface area contributed by atoms with Crippen molar-refractivity contribution in [1.29, 1.82) is 0 Å². The van der Waals surface area contributed by atoms with Gasteiger partial charge in [-0.2, -0.15) is 0 Å². The van der Waals surface area contributed by atoms with Crippen molar-refractivity contribution in [3.05, 3.63) is 194 Å². The molecule has 0 fully saturated rings. The molecule has 0 atom stereocenters. The largest absolute Gasteiger partial charge is 0.454 e. The third kappa shape index (κ3) is 5.26. The summed E-state index contributed by atoms with van der Waals surface area (Å²) in [5.74, 6) is 0.629. The van der Waals surface area contributed by atoms with Gasteiger partial charge in [-0.15, -0.1) is 0 Å². The summed E-state index contributed by atoms with van der Waals surface area (Å²) in [6.45, 7) is 0. The van der Waals surface area contributed by atoms with Gasteiger partial charge in [-0.3, -0.25) is 0 Å². The first-order valence-electron chi connectivity index (χ1n) is 18.5. The van der Waals surface area contributed by atoms with E-state index in [9.17, 15) is 0 Å². The van der Waals surface area contributed by atoms with Gasteiger partial charge in [0.2, 0.25) is 5.89 Å². The second-order valence-electron chi connectivity index (χ2n) is 13.9. The lowest BCUT2D eigenvalue weighted by molar-refractivity contribution is 0.620. The average molecular weight is 705 g/mol. The van der Waals surface area contributed by atoms with E-state index in [-0.39, 0.29) is 0 Å². The normalized spacial score (nSPS) is 11.6. The molecule has 55 heavy (non-hydrogen) atoms. The molecule has 0 aliphatic heterocycles. The van der Waals surface area contributed by atoms with E-state index in [1.165, 1.54) is 11.1 Å². The lowest BCUT2D eigenvalue weighted by Gasteiger charge is -2.26. The van der Waals surface area contributed by atoms with Crippen LogP contribution in [0.1, 0.15) is 0 Å². The van der Waals surface area contributed by atoms with Crippen molar-refractivity contribution in [1.82, 2.24) is 4.98 Å². The molecule has 0 radical (unpaired) electrons. The molecule has 0 saturated heterocycles. The first kappa shape index (κ1) is 31.1. The number of fused-ring (bicyclic) bond motifs is 8. The molecule has 11 aromatic rings. The molecule has 0 spiro atoms. The number of hydrogen-bond donors (Lipinski definition) is 0. The van der Waals surface area contributed by atoms with Crippen molar-refractivity contribution in [3.63, 3.8) is 0 Å². The van der Waals surface area contributed by atoms with Crippen molar-refractivity contribution in [3.8, 4) is 33.7 Å². The van der Waals surface area contributed by atoms with Gasteiger partial charge in [0, 0.05) is 33.1 Å². The maximum Gasteiger partial charge on any atom is 0.227 e. The number of para-hydroxylation sites is 2. The SMILES string of the molecule is c1ccc(-c2ccc(N(c3ccc(-c4ccc5ccc6ccc7oc(-c8ccccc8)nc7c6c5c4)cc3)c3cccc4c3oc3ccccc34)cc2)cc1. The first-order chi connectivity index (χ1) is 27.2. The highest BCUT2D eigenvalue weighted by molar-refractivity contribution is 6.19. The molecule has 2 heterocycles. The molecule has 258 valence electrons. The molecule has 4 nitrogen and oxygen atoms in total. The van der Waals surface area contributed by atoms with Crippen molar-refractivity contribution in [2.45, 2.75) is 0 Å². The van der Waals surface area contributed by atoms with Crippen molar-refractivity contribution >= 4 is 71.6 Å².